The molecule has 0 radical (unpaired) electrons. The molecule has 0 fully saturated rings. The van der Waals surface area contributed by atoms with Crippen molar-refractivity contribution in [2.75, 3.05) is 13.4 Å². The molecule has 0 aliphatic carbocycles. The van der Waals surface area contributed by atoms with Gasteiger partial charge in [-0.05, 0) is 24.0 Å². The van der Waals surface area contributed by atoms with Gasteiger partial charge in [0.2, 0.25) is 0 Å². The van der Waals surface area contributed by atoms with E-state index in [1.165, 1.54) is 18.9 Å². The molecule has 0 saturated heterocycles. The molecule has 0 aromatic heterocycles. The average molecular weight is 331 g/mol. The number of methoxy groups -OCH3 is 1. The van der Waals surface area contributed by atoms with Crippen molar-refractivity contribution in [3.8, 4) is 6.07 Å². The van der Waals surface area contributed by atoms with Gasteiger partial charge >= 0.3 is 5.97 Å². The summed E-state index contributed by atoms with van der Waals surface area (Å²) in [6.07, 6.45) is 1.76. The van der Waals surface area contributed by atoms with Crippen LogP contribution in [0.3, 0.4) is 0 Å². The number of ether oxygens (including phenoxy) is 1. The molecule has 0 atom stereocenters. The number of nitriles is 1. The summed E-state index contributed by atoms with van der Waals surface area (Å²) in [5, 5.41) is 13.5. The summed E-state index contributed by atoms with van der Waals surface area (Å²) in [5.74, 6) is -0.674. The minimum atomic E-state index is -0.674. The number of nitrogens with one attached hydrogen (secondary N) is 1. The van der Waals surface area contributed by atoms with Crippen LogP contribution in [0, 0.1) is 11.3 Å². The Hall–Kier alpha value is -1.35. The van der Waals surface area contributed by atoms with E-state index in [2.05, 4.69) is 10.1 Å². The first kappa shape index (κ1) is 16.7. The molecule has 20 heavy (non-hydrogen) atoms. The van der Waals surface area contributed by atoms with Crippen molar-refractivity contribution in [2.45, 2.75) is 6.54 Å². The summed E-state index contributed by atoms with van der Waals surface area (Å²) in [6.45, 7) is 0.369. The predicted octanol–water partition coefficient (Wildman–Crippen LogP) is 3.35. The number of hydrogen-bond acceptors (Lipinski definition) is 5. The summed E-state index contributed by atoms with van der Waals surface area (Å²) < 4.78 is 4.56. The van der Waals surface area contributed by atoms with Crippen LogP contribution >= 0.6 is 35.0 Å². The highest BCUT2D eigenvalue weighted by Crippen LogP contribution is 2.22. The molecule has 1 aromatic carbocycles. The van der Waals surface area contributed by atoms with E-state index in [1.807, 2.05) is 6.07 Å². The van der Waals surface area contributed by atoms with Crippen LogP contribution in [0.4, 0.5) is 0 Å². The SMILES string of the molecule is COC(=O)C(C#N)=C(NCc1ccc(Cl)cc1Cl)SC. The Balaban J connectivity index is 2.92. The minimum Gasteiger partial charge on any atom is -0.465 e. The van der Waals surface area contributed by atoms with Crippen LogP contribution < -0.4 is 5.32 Å². The molecule has 1 rings (SSSR count). The van der Waals surface area contributed by atoms with Gasteiger partial charge in [0.25, 0.3) is 0 Å². The van der Waals surface area contributed by atoms with Gasteiger partial charge in [-0.1, -0.05) is 29.3 Å². The van der Waals surface area contributed by atoms with E-state index in [0.717, 1.165) is 5.56 Å². The van der Waals surface area contributed by atoms with Crippen LogP contribution in [0.5, 0.6) is 0 Å². The fourth-order valence-corrected chi connectivity index (χ4v) is 2.42. The zero-order valence-electron chi connectivity index (χ0n) is 10.9. The zero-order chi connectivity index (χ0) is 15.1. The van der Waals surface area contributed by atoms with Gasteiger partial charge in [-0.2, -0.15) is 5.26 Å². The van der Waals surface area contributed by atoms with Crippen molar-refractivity contribution in [1.29, 1.82) is 5.26 Å². The second kappa shape index (κ2) is 8.05. The van der Waals surface area contributed by atoms with Gasteiger partial charge in [-0.15, -0.1) is 11.8 Å². The molecular weight excluding hydrogens is 319 g/mol. The highest BCUT2D eigenvalue weighted by molar-refractivity contribution is 8.02. The van der Waals surface area contributed by atoms with Crippen molar-refractivity contribution in [2.24, 2.45) is 0 Å². The van der Waals surface area contributed by atoms with Gasteiger partial charge in [0, 0.05) is 16.6 Å². The topological polar surface area (TPSA) is 62.1 Å². The smallest absolute Gasteiger partial charge is 0.351 e. The molecule has 0 amide bonds. The third kappa shape index (κ3) is 4.34. The van der Waals surface area contributed by atoms with Crippen LogP contribution in [0.15, 0.2) is 28.8 Å². The lowest BCUT2D eigenvalue weighted by Gasteiger charge is -2.11. The number of hydrogen-bond donors (Lipinski definition) is 1. The number of halogens is 2. The van der Waals surface area contributed by atoms with Crippen molar-refractivity contribution < 1.29 is 9.53 Å². The number of thioether (sulfide) groups is 1. The second-order valence-corrected chi connectivity index (χ2v) is 5.26. The molecule has 0 aliphatic rings. The Kier molecular flexibility index (Phi) is 6.73. The van der Waals surface area contributed by atoms with Crippen LogP contribution in [0.2, 0.25) is 10.0 Å². The molecule has 0 heterocycles. The normalized spacial score (nSPS) is 11.3. The molecule has 7 heteroatoms. The first-order chi connectivity index (χ1) is 9.53. The van der Waals surface area contributed by atoms with Gasteiger partial charge in [0.05, 0.1) is 12.1 Å². The average Bonchev–Trinajstić information content (AvgIpc) is 2.44. The van der Waals surface area contributed by atoms with E-state index in [-0.39, 0.29) is 5.57 Å². The van der Waals surface area contributed by atoms with Gasteiger partial charge in [0.1, 0.15) is 6.07 Å². The maximum absolute atomic E-state index is 11.5. The summed E-state index contributed by atoms with van der Waals surface area (Å²) in [7, 11) is 1.23. The lowest BCUT2D eigenvalue weighted by atomic mass is 10.2. The largest absolute Gasteiger partial charge is 0.465 e. The van der Waals surface area contributed by atoms with E-state index >= 15 is 0 Å². The van der Waals surface area contributed by atoms with Gasteiger partial charge in [0.15, 0.2) is 5.57 Å². The molecule has 0 spiro atoms. The predicted molar refractivity (Wildman–Crippen MR) is 81.5 cm³/mol. The highest BCUT2D eigenvalue weighted by atomic mass is 35.5. The Morgan fingerprint density at radius 3 is 2.70 bits per heavy atom. The minimum absolute atomic E-state index is 0.0647. The van der Waals surface area contributed by atoms with E-state index in [9.17, 15) is 4.79 Å². The molecule has 0 unspecified atom stereocenters. The fourth-order valence-electron chi connectivity index (χ4n) is 1.39. The molecular formula is C13H12Cl2N2O2S. The molecule has 0 saturated carbocycles. The first-order valence-corrected chi connectivity index (χ1v) is 7.46. The van der Waals surface area contributed by atoms with Crippen LogP contribution in [0.25, 0.3) is 0 Å². The van der Waals surface area contributed by atoms with Crippen molar-refractivity contribution >= 4 is 40.9 Å². The van der Waals surface area contributed by atoms with Crippen molar-refractivity contribution in [3.63, 3.8) is 0 Å². The molecule has 0 bridgehead atoms. The standard InChI is InChI=1S/C13H12Cl2N2O2S/c1-19-13(18)10(6-16)12(20-2)17-7-8-3-4-9(14)5-11(8)15/h3-5,17H,7H2,1-2H3. The maximum Gasteiger partial charge on any atom is 0.351 e. The zero-order valence-corrected chi connectivity index (χ0v) is 13.2. The van der Waals surface area contributed by atoms with Crippen molar-refractivity contribution in [3.05, 3.63) is 44.4 Å². The molecule has 1 aromatic rings. The monoisotopic (exact) mass is 330 g/mol. The number of benzene rings is 1. The second-order valence-electron chi connectivity index (χ2n) is 3.60. The number of esters is 1. The van der Waals surface area contributed by atoms with E-state index in [4.69, 9.17) is 28.5 Å². The summed E-state index contributed by atoms with van der Waals surface area (Å²) in [5.41, 5.74) is 0.745. The third-order valence-corrected chi connectivity index (χ3v) is 3.73. The molecule has 1 N–H and O–H groups in total. The molecule has 0 aliphatic heterocycles. The Labute approximate surface area is 131 Å². The van der Waals surface area contributed by atoms with Crippen LogP contribution in [-0.4, -0.2) is 19.3 Å². The molecule has 4 nitrogen and oxygen atoms in total. The van der Waals surface area contributed by atoms with Gasteiger partial charge in [-0.3, -0.25) is 0 Å². The summed E-state index contributed by atoms with van der Waals surface area (Å²) in [4.78, 5) is 11.5. The number of carbonyl (C=O) groups is 1. The summed E-state index contributed by atoms with van der Waals surface area (Å²) in [6, 6.07) is 6.96. The van der Waals surface area contributed by atoms with E-state index in [1.54, 1.807) is 24.5 Å². The van der Waals surface area contributed by atoms with Gasteiger partial charge < -0.3 is 10.1 Å². The van der Waals surface area contributed by atoms with E-state index < -0.39 is 5.97 Å². The molecule has 106 valence electrons. The Morgan fingerprint density at radius 1 is 1.50 bits per heavy atom. The number of carbonyl (C=O) groups excluding carboxylic acids is 1. The lowest BCUT2D eigenvalue weighted by Crippen LogP contribution is -2.16. The fraction of sp³-hybridized carbons (Fsp3) is 0.231. The highest BCUT2D eigenvalue weighted by Gasteiger charge is 2.15. The first-order valence-electron chi connectivity index (χ1n) is 5.48. The van der Waals surface area contributed by atoms with Crippen molar-refractivity contribution in [1.82, 2.24) is 5.32 Å². The Morgan fingerprint density at radius 2 is 2.20 bits per heavy atom. The van der Waals surface area contributed by atoms with Crippen LogP contribution in [0.1, 0.15) is 5.56 Å². The summed E-state index contributed by atoms with van der Waals surface area (Å²) >= 11 is 13.1. The third-order valence-electron chi connectivity index (χ3n) is 2.39. The number of nitrogens with zero attached hydrogens (tertiary/aromatic N) is 1. The quantitative estimate of drug-likeness (QED) is 0.509. The Bertz CT molecular complexity index is 582. The van der Waals surface area contributed by atoms with E-state index in [0.29, 0.717) is 21.6 Å². The lowest BCUT2D eigenvalue weighted by molar-refractivity contribution is -0.135. The number of rotatable bonds is 5. The maximum atomic E-state index is 11.5. The van der Waals surface area contributed by atoms with Gasteiger partial charge in [-0.25, -0.2) is 4.79 Å². The van der Waals surface area contributed by atoms with Crippen LogP contribution in [-0.2, 0) is 16.1 Å².